The van der Waals surface area contributed by atoms with Crippen LogP contribution in [0.4, 0.5) is 5.69 Å². The maximum absolute atomic E-state index is 12.3. The lowest BCUT2D eigenvalue weighted by Crippen LogP contribution is -2.29. The van der Waals surface area contributed by atoms with E-state index < -0.39 is 18.0 Å². The number of furan rings is 1. The number of benzene rings is 1. The largest absolute Gasteiger partial charge is 0.467 e. The van der Waals surface area contributed by atoms with Gasteiger partial charge in [0.25, 0.3) is 5.91 Å². The number of nitrogens with zero attached hydrogens (tertiary/aromatic N) is 2. The van der Waals surface area contributed by atoms with E-state index in [1.54, 1.807) is 36.6 Å². The van der Waals surface area contributed by atoms with Gasteiger partial charge in [-0.1, -0.05) is 12.1 Å². The number of carbonyl (C=O) groups excluding carboxylic acids is 2. The number of anilines is 1. The Morgan fingerprint density at radius 2 is 2.03 bits per heavy atom. The Labute approximate surface area is 180 Å². The van der Waals surface area contributed by atoms with Crippen LogP contribution in [0.3, 0.4) is 0 Å². The molecule has 31 heavy (non-hydrogen) atoms. The maximum Gasteiger partial charge on any atom is 0.331 e. The van der Waals surface area contributed by atoms with E-state index in [0.717, 1.165) is 22.7 Å². The summed E-state index contributed by atoms with van der Waals surface area (Å²) in [6.45, 7) is 6.02. The highest BCUT2D eigenvalue weighted by Crippen LogP contribution is 2.19. The van der Waals surface area contributed by atoms with Crippen molar-refractivity contribution in [3.05, 3.63) is 83.1 Å². The molecule has 1 amide bonds. The van der Waals surface area contributed by atoms with Crippen LogP contribution in [0.25, 0.3) is 6.08 Å². The zero-order valence-electron chi connectivity index (χ0n) is 17.6. The zero-order chi connectivity index (χ0) is 22.4. The molecule has 0 bridgehead atoms. The normalized spacial score (nSPS) is 11.8. The Morgan fingerprint density at radius 3 is 2.74 bits per heavy atom. The Hall–Kier alpha value is -4.05. The molecule has 0 saturated heterocycles. The van der Waals surface area contributed by atoms with E-state index >= 15 is 0 Å². The van der Waals surface area contributed by atoms with Gasteiger partial charge in [-0.3, -0.25) is 4.79 Å². The van der Waals surface area contributed by atoms with Crippen molar-refractivity contribution in [1.82, 2.24) is 4.57 Å². The molecule has 0 spiro atoms. The van der Waals surface area contributed by atoms with Crippen LogP contribution < -0.4 is 5.32 Å². The minimum absolute atomic E-state index is 0.333. The summed E-state index contributed by atoms with van der Waals surface area (Å²) in [5.74, 6) is -0.303. The summed E-state index contributed by atoms with van der Waals surface area (Å²) in [7, 11) is 0. The Morgan fingerprint density at radius 1 is 1.26 bits per heavy atom. The summed E-state index contributed by atoms with van der Waals surface area (Å²) in [5.41, 5.74) is 3.60. The molecule has 0 aliphatic rings. The quantitative estimate of drug-likeness (QED) is 0.459. The first-order valence-corrected chi connectivity index (χ1v) is 9.77. The number of aryl methyl sites for hydroxylation is 1. The summed E-state index contributed by atoms with van der Waals surface area (Å²) in [5, 5.41) is 11.7. The smallest absolute Gasteiger partial charge is 0.331 e. The van der Waals surface area contributed by atoms with Gasteiger partial charge in [-0.2, -0.15) is 5.26 Å². The van der Waals surface area contributed by atoms with Crippen molar-refractivity contribution in [3.63, 3.8) is 0 Å². The molecule has 0 unspecified atom stereocenters. The number of rotatable bonds is 7. The first kappa shape index (κ1) is 21.7. The van der Waals surface area contributed by atoms with Gasteiger partial charge in [0.05, 0.1) is 24.1 Å². The van der Waals surface area contributed by atoms with Crippen LogP contribution in [0.2, 0.25) is 0 Å². The average molecular weight is 417 g/mol. The van der Waals surface area contributed by atoms with Gasteiger partial charge < -0.3 is 19.0 Å². The Balaban J connectivity index is 1.61. The number of hydrogen-bond donors (Lipinski definition) is 1. The number of para-hydroxylation sites is 1. The summed E-state index contributed by atoms with van der Waals surface area (Å²) in [6, 6.07) is 14.3. The number of nitrogens with one attached hydrogen (secondary N) is 1. The van der Waals surface area contributed by atoms with Crippen molar-refractivity contribution in [1.29, 1.82) is 5.26 Å². The molecule has 1 N–H and O–H groups in total. The maximum atomic E-state index is 12.3. The van der Waals surface area contributed by atoms with Gasteiger partial charge in [0.1, 0.15) is 11.8 Å². The van der Waals surface area contributed by atoms with E-state index in [4.69, 9.17) is 14.4 Å². The molecular formula is C24H23N3O4. The predicted molar refractivity (Wildman–Crippen MR) is 116 cm³/mol. The number of aromatic nitrogens is 1. The number of nitriles is 1. The predicted octanol–water partition coefficient (Wildman–Crippen LogP) is 4.20. The molecule has 0 radical (unpaired) electrons. The van der Waals surface area contributed by atoms with E-state index in [1.165, 1.54) is 13.0 Å². The van der Waals surface area contributed by atoms with Crippen LogP contribution in [0, 0.1) is 25.2 Å². The highest BCUT2D eigenvalue weighted by Gasteiger charge is 2.18. The number of esters is 1. The van der Waals surface area contributed by atoms with Crippen LogP contribution in [0.5, 0.6) is 0 Å². The van der Waals surface area contributed by atoms with Crippen molar-refractivity contribution in [3.8, 4) is 6.07 Å². The molecule has 7 nitrogen and oxygen atoms in total. The molecule has 1 aromatic carbocycles. The van der Waals surface area contributed by atoms with Crippen molar-refractivity contribution in [2.75, 3.05) is 5.32 Å². The molecule has 2 aromatic heterocycles. The zero-order valence-corrected chi connectivity index (χ0v) is 17.6. The van der Waals surface area contributed by atoms with E-state index in [1.807, 2.05) is 38.1 Å². The first-order chi connectivity index (χ1) is 14.9. The third-order valence-electron chi connectivity index (χ3n) is 4.87. The fourth-order valence-corrected chi connectivity index (χ4v) is 3.15. The van der Waals surface area contributed by atoms with Gasteiger partial charge in [-0.05, 0) is 62.7 Å². The fraction of sp³-hybridized carbons (Fsp3) is 0.208. The number of carbonyl (C=O) groups is 2. The molecule has 1 atom stereocenters. The minimum atomic E-state index is -1.02. The van der Waals surface area contributed by atoms with E-state index in [-0.39, 0.29) is 0 Å². The summed E-state index contributed by atoms with van der Waals surface area (Å²) >= 11 is 0. The fourth-order valence-electron chi connectivity index (χ4n) is 3.15. The number of ether oxygens (including phenoxy) is 1. The highest BCUT2D eigenvalue weighted by atomic mass is 16.5. The second-order valence-electron chi connectivity index (χ2n) is 7.05. The number of hydrogen-bond acceptors (Lipinski definition) is 5. The highest BCUT2D eigenvalue weighted by molar-refractivity contribution is 5.97. The molecular weight excluding hydrogens is 394 g/mol. The summed E-state index contributed by atoms with van der Waals surface area (Å²) < 4.78 is 12.7. The molecule has 0 aliphatic heterocycles. The Kier molecular flexibility index (Phi) is 6.73. The van der Waals surface area contributed by atoms with Crippen LogP contribution in [-0.4, -0.2) is 22.5 Å². The molecule has 2 heterocycles. The Bertz CT molecular complexity index is 1150. The van der Waals surface area contributed by atoms with E-state index in [0.29, 0.717) is 17.8 Å². The topological polar surface area (TPSA) is 97.3 Å². The summed E-state index contributed by atoms with van der Waals surface area (Å²) in [6.07, 6.45) is 3.58. The molecule has 158 valence electrons. The van der Waals surface area contributed by atoms with Crippen molar-refractivity contribution < 1.29 is 18.7 Å². The summed E-state index contributed by atoms with van der Waals surface area (Å²) in [4.78, 5) is 24.5. The van der Waals surface area contributed by atoms with Crippen LogP contribution in [0.1, 0.15) is 35.2 Å². The van der Waals surface area contributed by atoms with Gasteiger partial charge in [-0.25, -0.2) is 4.79 Å². The van der Waals surface area contributed by atoms with Crippen LogP contribution in [0.15, 0.2) is 59.2 Å². The van der Waals surface area contributed by atoms with Gasteiger partial charge in [0, 0.05) is 17.5 Å². The standard InChI is InChI=1S/C24H23N3O4/c1-16-13-19(17(2)27(16)15-21-8-6-12-30-21)10-11-23(28)31-18(3)24(29)26-22-9-5-4-7-20(22)14-25/h4-13,18H,15H2,1-3H3,(H,26,29)/b11-10+/t18-/m1/s1. The van der Waals surface area contributed by atoms with Crippen LogP contribution in [-0.2, 0) is 20.9 Å². The van der Waals surface area contributed by atoms with E-state index in [9.17, 15) is 9.59 Å². The molecule has 3 rings (SSSR count). The SMILES string of the molecule is Cc1cc(/C=C/C(=O)O[C@H](C)C(=O)Nc2ccccc2C#N)c(C)n1Cc1ccco1. The van der Waals surface area contributed by atoms with Gasteiger partial charge >= 0.3 is 5.97 Å². The van der Waals surface area contributed by atoms with Gasteiger partial charge in [-0.15, -0.1) is 0 Å². The lowest BCUT2D eigenvalue weighted by molar-refractivity contribution is -0.148. The third-order valence-corrected chi connectivity index (χ3v) is 4.87. The minimum Gasteiger partial charge on any atom is -0.467 e. The average Bonchev–Trinajstić information content (AvgIpc) is 3.36. The third kappa shape index (κ3) is 5.31. The van der Waals surface area contributed by atoms with Crippen LogP contribution >= 0.6 is 0 Å². The van der Waals surface area contributed by atoms with Crippen molar-refractivity contribution in [2.45, 2.75) is 33.4 Å². The molecule has 0 aliphatic carbocycles. The van der Waals surface area contributed by atoms with Gasteiger partial charge in [0.15, 0.2) is 6.10 Å². The van der Waals surface area contributed by atoms with E-state index in [2.05, 4.69) is 9.88 Å². The lowest BCUT2D eigenvalue weighted by Gasteiger charge is -2.13. The monoisotopic (exact) mass is 417 g/mol. The second-order valence-corrected chi connectivity index (χ2v) is 7.05. The molecule has 0 saturated carbocycles. The first-order valence-electron chi connectivity index (χ1n) is 9.77. The lowest BCUT2D eigenvalue weighted by atomic mass is 10.2. The number of amides is 1. The van der Waals surface area contributed by atoms with Crippen molar-refractivity contribution >= 4 is 23.6 Å². The van der Waals surface area contributed by atoms with Crippen molar-refractivity contribution in [2.24, 2.45) is 0 Å². The van der Waals surface area contributed by atoms with Gasteiger partial charge in [0.2, 0.25) is 0 Å². The second kappa shape index (κ2) is 9.63. The molecule has 3 aromatic rings. The molecule has 7 heteroatoms. The molecule has 0 fully saturated rings.